The largest absolute Gasteiger partial charge is 0.379 e. The molecule has 6 nitrogen and oxygen atoms in total. The van der Waals surface area contributed by atoms with Crippen LogP contribution in [0.2, 0.25) is 0 Å². The van der Waals surface area contributed by atoms with Gasteiger partial charge in [0, 0.05) is 25.7 Å². The zero-order chi connectivity index (χ0) is 13.5. The van der Waals surface area contributed by atoms with Crippen molar-refractivity contribution < 1.29 is 14.3 Å². The molecule has 2 N–H and O–H groups in total. The highest BCUT2D eigenvalue weighted by Crippen LogP contribution is 1.98. The number of amides is 3. The molecule has 1 rings (SSSR count). The summed E-state index contributed by atoms with van der Waals surface area (Å²) in [7, 11) is 0. The second-order valence-corrected chi connectivity index (χ2v) is 5.05. The Kier molecular flexibility index (Phi) is 6.38. The van der Waals surface area contributed by atoms with E-state index in [9.17, 15) is 9.59 Å². The van der Waals surface area contributed by atoms with Crippen molar-refractivity contribution in [3.8, 4) is 0 Å². The maximum atomic E-state index is 11.5. The van der Waals surface area contributed by atoms with Crippen LogP contribution in [0.25, 0.3) is 0 Å². The monoisotopic (exact) mass is 277 g/mol. The summed E-state index contributed by atoms with van der Waals surface area (Å²) >= 11 is 5.55. The average molecular weight is 278 g/mol. The first-order valence-electron chi connectivity index (χ1n) is 6.04. The molecule has 0 aromatic carbocycles. The molecule has 1 aliphatic heterocycles. The average Bonchev–Trinajstić information content (AvgIpc) is 2.29. The topological polar surface area (TPSA) is 70.7 Å². The molecule has 0 aromatic heterocycles. The van der Waals surface area contributed by atoms with Crippen molar-refractivity contribution in [1.82, 2.24) is 15.5 Å². The van der Waals surface area contributed by atoms with E-state index < -0.39 is 17.3 Å². The van der Waals surface area contributed by atoms with Crippen LogP contribution in [-0.2, 0) is 9.53 Å². The number of nitrogens with one attached hydrogen (secondary N) is 2. The van der Waals surface area contributed by atoms with Gasteiger partial charge < -0.3 is 10.1 Å². The Labute approximate surface area is 112 Å². The summed E-state index contributed by atoms with van der Waals surface area (Å²) < 4.78 is 5.24. The van der Waals surface area contributed by atoms with E-state index in [1.807, 2.05) is 6.92 Å². The van der Waals surface area contributed by atoms with Crippen molar-refractivity contribution in [2.45, 2.75) is 25.3 Å². The van der Waals surface area contributed by atoms with Gasteiger partial charge in [-0.05, 0) is 13.8 Å². The molecule has 0 aliphatic carbocycles. The zero-order valence-corrected chi connectivity index (χ0v) is 11.5. The van der Waals surface area contributed by atoms with Gasteiger partial charge in [-0.2, -0.15) is 0 Å². The summed E-state index contributed by atoms with van der Waals surface area (Å²) in [6.07, 6.45) is 0. The molecule has 0 saturated carbocycles. The molecule has 1 aliphatic rings. The molecule has 1 fully saturated rings. The van der Waals surface area contributed by atoms with Crippen LogP contribution in [0, 0.1) is 0 Å². The lowest BCUT2D eigenvalue weighted by Crippen LogP contribution is -2.50. The molecule has 7 heteroatoms. The van der Waals surface area contributed by atoms with E-state index in [1.165, 1.54) is 6.92 Å². The first-order chi connectivity index (χ1) is 8.49. The minimum atomic E-state index is -0.717. The maximum Gasteiger partial charge on any atom is 0.321 e. The van der Waals surface area contributed by atoms with Crippen molar-refractivity contribution in [2.24, 2.45) is 0 Å². The van der Waals surface area contributed by atoms with Gasteiger partial charge in [-0.3, -0.25) is 15.0 Å². The second-order valence-electron chi connectivity index (χ2n) is 4.39. The van der Waals surface area contributed by atoms with Gasteiger partial charge in [0.1, 0.15) is 5.38 Å². The highest BCUT2D eigenvalue weighted by Gasteiger charge is 2.17. The summed E-state index contributed by atoms with van der Waals surface area (Å²) in [5.41, 5.74) is 0. The summed E-state index contributed by atoms with van der Waals surface area (Å²) in [6.45, 7) is 7.32. The number of urea groups is 1. The zero-order valence-electron chi connectivity index (χ0n) is 10.7. The van der Waals surface area contributed by atoms with Gasteiger partial charge in [0.25, 0.3) is 0 Å². The number of halogens is 1. The van der Waals surface area contributed by atoms with Crippen LogP contribution < -0.4 is 10.6 Å². The summed E-state index contributed by atoms with van der Waals surface area (Å²) in [4.78, 5) is 24.9. The van der Waals surface area contributed by atoms with Crippen molar-refractivity contribution in [3.63, 3.8) is 0 Å². The smallest absolute Gasteiger partial charge is 0.321 e. The number of carbonyl (C=O) groups excluding carboxylic acids is 2. The Morgan fingerprint density at radius 2 is 1.94 bits per heavy atom. The second kappa shape index (κ2) is 7.56. The molecule has 1 heterocycles. The lowest BCUT2D eigenvalue weighted by atomic mass is 10.3. The fourth-order valence-corrected chi connectivity index (χ4v) is 1.74. The molecule has 0 spiro atoms. The number of nitrogens with zero attached hydrogens (tertiary/aromatic N) is 1. The number of hydrogen-bond acceptors (Lipinski definition) is 4. The Morgan fingerprint density at radius 1 is 1.33 bits per heavy atom. The number of carbonyl (C=O) groups is 2. The Hall–Kier alpha value is -0.850. The van der Waals surface area contributed by atoms with E-state index in [2.05, 4.69) is 15.5 Å². The molecular formula is C11H20ClN3O3. The fourth-order valence-electron chi connectivity index (χ4n) is 1.69. The predicted octanol–water partition coefficient (Wildman–Crippen LogP) is 0.160. The van der Waals surface area contributed by atoms with Gasteiger partial charge in [0.15, 0.2) is 0 Å². The van der Waals surface area contributed by atoms with Crippen molar-refractivity contribution in [2.75, 3.05) is 32.8 Å². The molecule has 104 valence electrons. The molecule has 3 amide bonds. The number of morpholine rings is 1. The molecule has 0 aromatic rings. The molecule has 0 radical (unpaired) electrons. The molecular weight excluding hydrogens is 258 g/mol. The quantitative estimate of drug-likeness (QED) is 0.718. The fraction of sp³-hybridized carbons (Fsp3) is 0.818. The van der Waals surface area contributed by atoms with Crippen molar-refractivity contribution in [3.05, 3.63) is 0 Å². The van der Waals surface area contributed by atoms with Gasteiger partial charge in [0.05, 0.1) is 13.2 Å². The lowest BCUT2D eigenvalue weighted by Gasteiger charge is -2.29. The minimum absolute atomic E-state index is 0.0402. The van der Waals surface area contributed by atoms with Crippen LogP contribution in [0.4, 0.5) is 4.79 Å². The van der Waals surface area contributed by atoms with Crippen LogP contribution in [0.1, 0.15) is 13.8 Å². The number of rotatable bonds is 4. The van der Waals surface area contributed by atoms with Gasteiger partial charge in [0.2, 0.25) is 5.91 Å². The normalized spacial score (nSPS) is 19.9. The van der Waals surface area contributed by atoms with E-state index >= 15 is 0 Å². The Balaban J connectivity index is 2.24. The summed E-state index contributed by atoms with van der Waals surface area (Å²) in [5, 5.41) is 4.17. The number of alkyl halides is 1. The van der Waals surface area contributed by atoms with Gasteiger partial charge >= 0.3 is 6.03 Å². The molecule has 0 bridgehead atoms. The number of hydrogen-bond donors (Lipinski definition) is 2. The van der Waals surface area contributed by atoms with E-state index in [0.717, 1.165) is 32.8 Å². The minimum Gasteiger partial charge on any atom is -0.379 e. The van der Waals surface area contributed by atoms with Crippen molar-refractivity contribution in [1.29, 1.82) is 0 Å². The number of ether oxygens (including phenoxy) is 1. The molecule has 18 heavy (non-hydrogen) atoms. The summed E-state index contributed by atoms with van der Waals surface area (Å²) in [6, 6.07) is -0.546. The van der Waals surface area contributed by atoms with E-state index in [4.69, 9.17) is 16.3 Å². The number of imide groups is 1. The Bertz CT molecular complexity index is 293. The molecule has 2 atom stereocenters. The van der Waals surface area contributed by atoms with Crippen molar-refractivity contribution >= 4 is 23.5 Å². The third-order valence-corrected chi connectivity index (χ3v) is 2.81. The maximum absolute atomic E-state index is 11.5. The third-order valence-electron chi connectivity index (χ3n) is 2.61. The van der Waals surface area contributed by atoms with Gasteiger partial charge in [-0.15, -0.1) is 11.6 Å². The highest BCUT2D eigenvalue weighted by atomic mass is 35.5. The van der Waals surface area contributed by atoms with E-state index in [0.29, 0.717) is 0 Å². The Morgan fingerprint density at radius 3 is 2.50 bits per heavy atom. The van der Waals surface area contributed by atoms with Crippen LogP contribution in [0.15, 0.2) is 0 Å². The summed E-state index contributed by atoms with van der Waals surface area (Å²) in [5.74, 6) is -0.493. The van der Waals surface area contributed by atoms with Crippen LogP contribution in [0.5, 0.6) is 0 Å². The molecule has 2 unspecified atom stereocenters. The van der Waals surface area contributed by atoms with Crippen LogP contribution >= 0.6 is 11.6 Å². The predicted molar refractivity (Wildman–Crippen MR) is 68.7 cm³/mol. The lowest BCUT2D eigenvalue weighted by molar-refractivity contribution is -0.119. The first-order valence-corrected chi connectivity index (χ1v) is 6.48. The van der Waals surface area contributed by atoms with Crippen LogP contribution in [0.3, 0.4) is 0 Å². The SMILES string of the molecule is CC(CN1CCOCC1)NC(=O)NC(=O)C(C)Cl. The first kappa shape index (κ1) is 15.2. The van der Waals surface area contributed by atoms with Gasteiger partial charge in [-0.1, -0.05) is 0 Å². The highest BCUT2D eigenvalue weighted by molar-refractivity contribution is 6.31. The van der Waals surface area contributed by atoms with E-state index in [-0.39, 0.29) is 6.04 Å². The molecule has 1 saturated heterocycles. The third kappa shape index (κ3) is 5.66. The van der Waals surface area contributed by atoms with Gasteiger partial charge in [-0.25, -0.2) is 4.79 Å². The van der Waals surface area contributed by atoms with Crippen LogP contribution in [-0.4, -0.2) is 61.1 Å². The standard InChI is InChI=1S/C11H20ClN3O3/c1-8(7-15-3-5-18-6-4-15)13-11(17)14-10(16)9(2)12/h8-9H,3-7H2,1-2H3,(H2,13,14,16,17). The van der Waals surface area contributed by atoms with E-state index in [1.54, 1.807) is 0 Å².